The number of rotatable bonds is 4. The van der Waals surface area contributed by atoms with Gasteiger partial charge in [0.1, 0.15) is 6.04 Å². The van der Waals surface area contributed by atoms with E-state index in [0.29, 0.717) is 6.54 Å². The Morgan fingerprint density at radius 3 is 2.47 bits per heavy atom. The number of carbonyl (C=O) groups is 2. The van der Waals surface area contributed by atoms with Gasteiger partial charge >= 0.3 is 11.9 Å². The van der Waals surface area contributed by atoms with Crippen LogP contribution in [0, 0.1) is 11.8 Å². The van der Waals surface area contributed by atoms with E-state index in [1.807, 2.05) is 0 Å². The van der Waals surface area contributed by atoms with Crippen molar-refractivity contribution in [2.45, 2.75) is 19.4 Å². The Labute approximate surface area is 87.8 Å². The van der Waals surface area contributed by atoms with E-state index in [1.165, 1.54) is 0 Å². The van der Waals surface area contributed by atoms with Crippen molar-refractivity contribution in [3.63, 3.8) is 0 Å². The first kappa shape index (κ1) is 11.7. The fraction of sp³-hybridized carbons (Fsp3) is 0.600. The molecule has 0 spiro atoms. The molecule has 15 heavy (non-hydrogen) atoms. The molecular formula is C10H15NO4. The summed E-state index contributed by atoms with van der Waals surface area (Å²) in [6.07, 6.45) is -0.137. The number of carboxylic acid groups (broad SMARTS) is 2. The Morgan fingerprint density at radius 1 is 1.47 bits per heavy atom. The van der Waals surface area contributed by atoms with Crippen molar-refractivity contribution >= 4 is 11.9 Å². The zero-order valence-corrected chi connectivity index (χ0v) is 8.56. The summed E-state index contributed by atoms with van der Waals surface area (Å²) in [6.45, 7) is 6.05. The van der Waals surface area contributed by atoms with E-state index >= 15 is 0 Å². The molecule has 0 aromatic rings. The fourth-order valence-electron chi connectivity index (χ4n) is 2.06. The molecule has 0 bridgehead atoms. The zero-order valence-electron chi connectivity index (χ0n) is 8.56. The topological polar surface area (TPSA) is 86.6 Å². The Balaban J connectivity index is 2.82. The van der Waals surface area contributed by atoms with Gasteiger partial charge in [0, 0.05) is 12.5 Å². The Bertz CT molecular complexity index is 278. The fourth-order valence-corrected chi connectivity index (χ4v) is 2.06. The van der Waals surface area contributed by atoms with Crippen molar-refractivity contribution in [1.29, 1.82) is 0 Å². The van der Waals surface area contributed by atoms with Crippen LogP contribution in [0.1, 0.15) is 13.3 Å². The van der Waals surface area contributed by atoms with Gasteiger partial charge in [0.15, 0.2) is 0 Å². The first-order chi connectivity index (χ1) is 6.93. The van der Waals surface area contributed by atoms with Gasteiger partial charge in [-0.1, -0.05) is 12.2 Å². The maximum absolute atomic E-state index is 10.9. The minimum absolute atomic E-state index is 0.0674. The van der Waals surface area contributed by atoms with Crippen molar-refractivity contribution in [2.24, 2.45) is 11.8 Å². The second-order valence-electron chi connectivity index (χ2n) is 3.94. The minimum atomic E-state index is -0.995. The number of hydrogen-bond acceptors (Lipinski definition) is 3. The van der Waals surface area contributed by atoms with Crippen LogP contribution in [-0.2, 0) is 9.59 Å². The Morgan fingerprint density at radius 2 is 2.07 bits per heavy atom. The van der Waals surface area contributed by atoms with E-state index in [1.54, 1.807) is 6.92 Å². The van der Waals surface area contributed by atoms with Gasteiger partial charge in [-0.15, -0.1) is 0 Å². The third kappa shape index (κ3) is 2.56. The second-order valence-corrected chi connectivity index (χ2v) is 3.94. The Kier molecular flexibility index (Phi) is 3.47. The lowest BCUT2D eigenvalue weighted by Gasteiger charge is -2.19. The van der Waals surface area contributed by atoms with Gasteiger partial charge in [-0.25, -0.2) is 0 Å². The van der Waals surface area contributed by atoms with Crippen LogP contribution < -0.4 is 5.32 Å². The molecule has 0 saturated carbocycles. The SMILES string of the molecule is C=C(C)[C@H]1CN[C@@H](C(=O)O)[C@@H]1CC(=O)O. The molecule has 0 aliphatic carbocycles. The molecule has 3 atom stereocenters. The van der Waals surface area contributed by atoms with E-state index in [2.05, 4.69) is 11.9 Å². The molecule has 0 amide bonds. The standard InChI is InChI=1S/C10H15NO4/c1-5(2)7-4-11-9(10(14)15)6(7)3-8(12)13/h6-7,9,11H,1,3-4H2,2H3,(H,12,13)(H,14,15)/t6-,7-,9-/m1/s1. The van der Waals surface area contributed by atoms with Gasteiger partial charge in [-0.05, 0) is 12.8 Å². The van der Waals surface area contributed by atoms with Gasteiger partial charge in [-0.3, -0.25) is 9.59 Å². The number of carboxylic acids is 2. The number of aliphatic carboxylic acids is 2. The minimum Gasteiger partial charge on any atom is -0.481 e. The summed E-state index contributed by atoms with van der Waals surface area (Å²) in [5.74, 6) is -2.44. The van der Waals surface area contributed by atoms with Crippen molar-refractivity contribution in [3.05, 3.63) is 12.2 Å². The average molecular weight is 213 g/mol. The number of hydrogen-bond donors (Lipinski definition) is 3. The molecule has 1 aliphatic rings. The highest BCUT2D eigenvalue weighted by Gasteiger charge is 2.41. The van der Waals surface area contributed by atoms with Gasteiger partial charge in [-0.2, -0.15) is 0 Å². The summed E-state index contributed by atoms with van der Waals surface area (Å²) >= 11 is 0. The van der Waals surface area contributed by atoms with Gasteiger partial charge in [0.25, 0.3) is 0 Å². The average Bonchev–Trinajstić information content (AvgIpc) is 2.46. The van der Waals surface area contributed by atoms with Crippen LogP contribution in [-0.4, -0.2) is 34.7 Å². The number of nitrogens with one attached hydrogen (secondary N) is 1. The Hall–Kier alpha value is -1.36. The molecule has 0 radical (unpaired) electrons. The molecule has 0 aromatic carbocycles. The molecule has 1 heterocycles. The lowest BCUT2D eigenvalue weighted by Crippen LogP contribution is -2.36. The highest BCUT2D eigenvalue weighted by molar-refractivity contribution is 5.76. The lowest BCUT2D eigenvalue weighted by atomic mass is 9.84. The van der Waals surface area contributed by atoms with Crippen LogP contribution >= 0.6 is 0 Å². The normalized spacial score (nSPS) is 30.1. The summed E-state index contributed by atoms with van der Waals surface area (Å²) in [6, 6.07) is -0.775. The van der Waals surface area contributed by atoms with E-state index in [0.717, 1.165) is 5.57 Å². The van der Waals surface area contributed by atoms with Crippen molar-refractivity contribution < 1.29 is 19.8 Å². The van der Waals surface area contributed by atoms with Gasteiger partial charge in [0.2, 0.25) is 0 Å². The van der Waals surface area contributed by atoms with Crippen molar-refractivity contribution in [1.82, 2.24) is 5.32 Å². The predicted octanol–water partition coefficient (Wildman–Crippen LogP) is 0.326. The van der Waals surface area contributed by atoms with Crippen molar-refractivity contribution in [2.75, 3.05) is 6.54 Å². The quantitative estimate of drug-likeness (QED) is 0.586. The molecule has 0 aromatic heterocycles. The van der Waals surface area contributed by atoms with E-state index < -0.39 is 23.9 Å². The zero-order chi connectivity index (χ0) is 11.6. The third-order valence-electron chi connectivity index (χ3n) is 2.81. The summed E-state index contributed by atoms with van der Waals surface area (Å²) in [5.41, 5.74) is 0.831. The van der Waals surface area contributed by atoms with Crippen molar-refractivity contribution in [3.8, 4) is 0 Å². The molecule has 1 rings (SSSR count). The molecule has 3 N–H and O–H groups in total. The van der Waals surface area contributed by atoms with E-state index in [9.17, 15) is 9.59 Å². The molecule has 5 nitrogen and oxygen atoms in total. The van der Waals surface area contributed by atoms with E-state index in [-0.39, 0.29) is 12.3 Å². The van der Waals surface area contributed by atoms with Crippen LogP contribution in [0.4, 0.5) is 0 Å². The second kappa shape index (κ2) is 4.44. The third-order valence-corrected chi connectivity index (χ3v) is 2.81. The summed E-state index contributed by atoms with van der Waals surface area (Å²) in [7, 11) is 0. The highest BCUT2D eigenvalue weighted by atomic mass is 16.4. The highest BCUT2D eigenvalue weighted by Crippen LogP contribution is 2.30. The summed E-state index contributed by atoms with van der Waals surface area (Å²) in [5, 5.41) is 20.5. The van der Waals surface area contributed by atoms with E-state index in [4.69, 9.17) is 10.2 Å². The smallest absolute Gasteiger partial charge is 0.321 e. The van der Waals surface area contributed by atoms with Crippen LogP contribution in [0.3, 0.4) is 0 Å². The largest absolute Gasteiger partial charge is 0.481 e. The monoisotopic (exact) mass is 213 g/mol. The molecule has 0 unspecified atom stereocenters. The first-order valence-corrected chi connectivity index (χ1v) is 4.77. The van der Waals surface area contributed by atoms with Crippen LogP contribution in [0.15, 0.2) is 12.2 Å². The molecule has 1 saturated heterocycles. The molecule has 1 fully saturated rings. The van der Waals surface area contributed by atoms with Crippen LogP contribution in [0.2, 0.25) is 0 Å². The van der Waals surface area contributed by atoms with Crippen LogP contribution in [0.25, 0.3) is 0 Å². The maximum Gasteiger partial charge on any atom is 0.321 e. The molecule has 84 valence electrons. The molecule has 1 aliphatic heterocycles. The maximum atomic E-state index is 10.9. The molecular weight excluding hydrogens is 198 g/mol. The predicted molar refractivity (Wildman–Crippen MR) is 53.5 cm³/mol. The van der Waals surface area contributed by atoms with Gasteiger partial charge in [0.05, 0.1) is 6.42 Å². The summed E-state index contributed by atoms with van der Waals surface area (Å²) in [4.78, 5) is 21.5. The first-order valence-electron chi connectivity index (χ1n) is 4.77. The lowest BCUT2D eigenvalue weighted by molar-refractivity contribution is -0.142. The summed E-state index contributed by atoms with van der Waals surface area (Å²) < 4.78 is 0. The molecule has 5 heteroatoms. The van der Waals surface area contributed by atoms with Gasteiger partial charge < -0.3 is 15.5 Å². The van der Waals surface area contributed by atoms with Crippen LogP contribution in [0.5, 0.6) is 0 Å².